The number of anilines is 1. The van der Waals surface area contributed by atoms with Gasteiger partial charge in [-0.15, -0.1) is 0 Å². The summed E-state index contributed by atoms with van der Waals surface area (Å²) < 4.78 is 1.97. The van der Waals surface area contributed by atoms with Gasteiger partial charge in [-0.2, -0.15) is 5.26 Å². The van der Waals surface area contributed by atoms with Crippen LogP contribution in [0.3, 0.4) is 0 Å². The fourth-order valence-corrected chi connectivity index (χ4v) is 2.24. The van der Waals surface area contributed by atoms with E-state index < -0.39 is 0 Å². The van der Waals surface area contributed by atoms with Gasteiger partial charge in [-0.1, -0.05) is 13.8 Å². The average Bonchev–Trinajstić information content (AvgIpc) is 2.97. The van der Waals surface area contributed by atoms with Crippen molar-refractivity contribution in [1.82, 2.24) is 14.5 Å². The highest BCUT2D eigenvalue weighted by molar-refractivity contribution is 5.91. The lowest BCUT2D eigenvalue weighted by Gasteiger charge is -2.09. The van der Waals surface area contributed by atoms with Gasteiger partial charge in [0.15, 0.2) is 12.0 Å². The summed E-state index contributed by atoms with van der Waals surface area (Å²) in [6, 6.07) is 0. The van der Waals surface area contributed by atoms with Crippen LogP contribution in [0.25, 0.3) is 0 Å². The van der Waals surface area contributed by atoms with E-state index in [0.29, 0.717) is 24.8 Å². The van der Waals surface area contributed by atoms with Gasteiger partial charge in [0, 0.05) is 25.8 Å². The first-order valence-corrected chi connectivity index (χ1v) is 6.56. The van der Waals surface area contributed by atoms with Crippen molar-refractivity contribution in [3.63, 3.8) is 0 Å². The molecule has 0 spiro atoms. The highest BCUT2D eigenvalue weighted by Gasteiger charge is 2.28. The lowest BCUT2D eigenvalue weighted by molar-refractivity contribution is -0.119. The van der Waals surface area contributed by atoms with E-state index in [0.717, 1.165) is 13.0 Å². The maximum Gasteiger partial charge on any atom is 0.230 e. The Morgan fingerprint density at radius 1 is 1.68 bits per heavy atom. The van der Waals surface area contributed by atoms with E-state index in [4.69, 9.17) is 5.26 Å². The second-order valence-electron chi connectivity index (χ2n) is 5.37. The second-order valence-corrected chi connectivity index (χ2v) is 5.37. The predicted octanol–water partition coefficient (Wildman–Crippen LogP) is 1.28. The predicted molar refractivity (Wildman–Crippen MR) is 71.0 cm³/mol. The molecule has 1 fully saturated rings. The van der Waals surface area contributed by atoms with E-state index in [2.05, 4.69) is 30.3 Å². The molecule has 1 atom stereocenters. The summed E-state index contributed by atoms with van der Waals surface area (Å²) in [7, 11) is 0. The number of nitriles is 1. The molecule has 6 heteroatoms. The number of carbonyl (C=O) groups excluding carboxylic acids is 1. The number of nitrogens with one attached hydrogen (secondary N) is 1. The highest BCUT2D eigenvalue weighted by Crippen LogP contribution is 2.17. The minimum absolute atomic E-state index is 0.0486. The molecule has 2 rings (SSSR count). The number of aromatic nitrogens is 2. The maximum atomic E-state index is 12.0. The quantitative estimate of drug-likeness (QED) is 0.829. The molecule has 0 aromatic carbocycles. The molecule has 1 aliphatic rings. The van der Waals surface area contributed by atoms with Gasteiger partial charge in [0.25, 0.3) is 0 Å². The molecule has 0 radical (unpaired) electrons. The Balaban J connectivity index is 1.89. The van der Waals surface area contributed by atoms with Crippen LogP contribution in [0.2, 0.25) is 0 Å². The number of nitrogens with zero attached hydrogens (tertiary/aromatic N) is 4. The third-order valence-electron chi connectivity index (χ3n) is 3.16. The second kappa shape index (κ2) is 5.74. The molecule has 1 unspecified atom stereocenters. The van der Waals surface area contributed by atoms with E-state index in [-0.39, 0.29) is 11.8 Å². The lowest BCUT2D eigenvalue weighted by Crippen LogP contribution is -2.25. The lowest BCUT2D eigenvalue weighted by atomic mass is 10.1. The molecule has 1 aromatic heterocycles. The third kappa shape index (κ3) is 3.47. The van der Waals surface area contributed by atoms with Crippen molar-refractivity contribution in [2.45, 2.75) is 26.8 Å². The largest absolute Gasteiger partial charge is 0.335 e. The SMILES string of the molecule is CC(C)Cn1cnc(NC(=O)C2CCN(C#N)C2)c1. The normalized spacial score (nSPS) is 18.6. The fourth-order valence-electron chi connectivity index (χ4n) is 2.24. The third-order valence-corrected chi connectivity index (χ3v) is 3.16. The van der Waals surface area contributed by atoms with Crippen LogP contribution in [-0.4, -0.2) is 33.4 Å². The molecular weight excluding hydrogens is 242 g/mol. The molecule has 6 nitrogen and oxygen atoms in total. The van der Waals surface area contributed by atoms with Crippen LogP contribution in [0.15, 0.2) is 12.5 Å². The van der Waals surface area contributed by atoms with Gasteiger partial charge in [-0.25, -0.2) is 4.98 Å². The zero-order chi connectivity index (χ0) is 13.8. The van der Waals surface area contributed by atoms with E-state index in [1.165, 1.54) is 0 Å². The van der Waals surface area contributed by atoms with Gasteiger partial charge in [0.1, 0.15) is 0 Å². The van der Waals surface area contributed by atoms with Crippen molar-refractivity contribution < 1.29 is 4.79 Å². The van der Waals surface area contributed by atoms with Crippen molar-refractivity contribution in [1.29, 1.82) is 5.26 Å². The van der Waals surface area contributed by atoms with Crippen molar-refractivity contribution >= 4 is 11.7 Å². The van der Waals surface area contributed by atoms with Gasteiger partial charge >= 0.3 is 0 Å². The molecule has 1 amide bonds. The first-order valence-electron chi connectivity index (χ1n) is 6.56. The minimum Gasteiger partial charge on any atom is -0.335 e. The van der Waals surface area contributed by atoms with Crippen molar-refractivity contribution in [2.75, 3.05) is 18.4 Å². The summed E-state index contributed by atoms with van der Waals surface area (Å²) in [5, 5.41) is 11.6. The Morgan fingerprint density at radius 3 is 3.11 bits per heavy atom. The van der Waals surface area contributed by atoms with Crippen LogP contribution in [0.5, 0.6) is 0 Å². The van der Waals surface area contributed by atoms with Crippen molar-refractivity contribution in [3.8, 4) is 6.19 Å². The van der Waals surface area contributed by atoms with Crippen molar-refractivity contribution in [3.05, 3.63) is 12.5 Å². The summed E-state index contributed by atoms with van der Waals surface area (Å²) in [5.74, 6) is 0.959. The Bertz CT molecular complexity index is 487. The van der Waals surface area contributed by atoms with Gasteiger partial charge in [-0.05, 0) is 12.3 Å². The highest BCUT2D eigenvalue weighted by atomic mass is 16.2. The number of likely N-dealkylation sites (tertiary alicyclic amines) is 1. The molecule has 0 bridgehead atoms. The smallest absolute Gasteiger partial charge is 0.230 e. The van der Waals surface area contributed by atoms with E-state index >= 15 is 0 Å². The Hall–Kier alpha value is -2.03. The molecule has 0 aliphatic carbocycles. The van der Waals surface area contributed by atoms with Gasteiger partial charge in [-0.3, -0.25) is 4.79 Å². The number of imidazole rings is 1. The van der Waals surface area contributed by atoms with E-state index in [1.54, 1.807) is 11.2 Å². The summed E-state index contributed by atoms with van der Waals surface area (Å²) >= 11 is 0. The van der Waals surface area contributed by atoms with Crippen LogP contribution in [0.4, 0.5) is 5.82 Å². The standard InChI is InChI=1S/C13H19N5O/c1-10(2)5-18-7-12(15-9-18)16-13(19)11-3-4-17(6-11)8-14/h7,9-11H,3-6H2,1-2H3,(H,16,19). The van der Waals surface area contributed by atoms with E-state index in [9.17, 15) is 4.79 Å². The summed E-state index contributed by atoms with van der Waals surface area (Å²) in [6.45, 7) is 6.32. The molecule has 0 saturated carbocycles. The van der Waals surface area contributed by atoms with E-state index in [1.807, 2.05) is 10.8 Å². The van der Waals surface area contributed by atoms with Crippen LogP contribution < -0.4 is 5.32 Å². The number of rotatable bonds is 4. The summed E-state index contributed by atoms with van der Waals surface area (Å²) in [4.78, 5) is 17.8. The first kappa shape index (κ1) is 13.4. The Kier molecular flexibility index (Phi) is 4.05. The van der Waals surface area contributed by atoms with Crippen LogP contribution in [0.1, 0.15) is 20.3 Å². The van der Waals surface area contributed by atoms with Crippen LogP contribution >= 0.6 is 0 Å². The number of amides is 1. The fraction of sp³-hybridized carbons (Fsp3) is 0.615. The Morgan fingerprint density at radius 2 is 2.47 bits per heavy atom. The number of hydrogen-bond acceptors (Lipinski definition) is 4. The number of hydrogen-bond donors (Lipinski definition) is 1. The topological polar surface area (TPSA) is 74.0 Å². The molecule has 102 valence electrons. The molecule has 1 aromatic rings. The van der Waals surface area contributed by atoms with Gasteiger partial charge < -0.3 is 14.8 Å². The van der Waals surface area contributed by atoms with Crippen molar-refractivity contribution in [2.24, 2.45) is 11.8 Å². The average molecular weight is 261 g/mol. The van der Waals surface area contributed by atoms with Crippen LogP contribution in [-0.2, 0) is 11.3 Å². The zero-order valence-electron chi connectivity index (χ0n) is 11.3. The molecular formula is C13H19N5O. The molecule has 1 aliphatic heterocycles. The molecule has 2 heterocycles. The Labute approximate surface area is 113 Å². The van der Waals surface area contributed by atoms with Gasteiger partial charge in [0.05, 0.1) is 12.2 Å². The number of carbonyl (C=O) groups is 1. The summed E-state index contributed by atoms with van der Waals surface area (Å²) in [6.07, 6.45) is 6.37. The summed E-state index contributed by atoms with van der Waals surface area (Å²) in [5.41, 5.74) is 0. The molecule has 1 N–H and O–H groups in total. The minimum atomic E-state index is -0.116. The monoisotopic (exact) mass is 261 g/mol. The van der Waals surface area contributed by atoms with Crippen LogP contribution in [0, 0.1) is 23.3 Å². The van der Waals surface area contributed by atoms with Gasteiger partial charge in [0.2, 0.25) is 5.91 Å². The molecule has 19 heavy (non-hydrogen) atoms. The first-order chi connectivity index (χ1) is 9.08. The molecule has 1 saturated heterocycles. The zero-order valence-corrected chi connectivity index (χ0v) is 11.3. The maximum absolute atomic E-state index is 12.0.